The zero-order valence-electron chi connectivity index (χ0n) is 10.5. The quantitative estimate of drug-likeness (QED) is 0.794. The van der Waals surface area contributed by atoms with Gasteiger partial charge in [0.15, 0.2) is 0 Å². The topological polar surface area (TPSA) is 12.0 Å². The van der Waals surface area contributed by atoms with E-state index in [1.165, 1.54) is 12.0 Å². The van der Waals surface area contributed by atoms with E-state index in [1.807, 2.05) is 12.1 Å². The van der Waals surface area contributed by atoms with Crippen LogP contribution in [0.2, 0.25) is 5.02 Å². The minimum atomic E-state index is 0.532. The average Bonchev–Trinajstić information content (AvgIpc) is 2.21. The van der Waals surface area contributed by atoms with Gasteiger partial charge in [0, 0.05) is 11.1 Å². The van der Waals surface area contributed by atoms with E-state index in [1.54, 1.807) is 0 Å². The average molecular weight is 240 g/mol. The third kappa shape index (κ3) is 4.54. The molecule has 0 spiro atoms. The highest BCUT2D eigenvalue weighted by molar-refractivity contribution is 6.31. The molecule has 0 aliphatic carbocycles. The summed E-state index contributed by atoms with van der Waals surface area (Å²) >= 11 is 6.18. The largest absolute Gasteiger partial charge is 0.314 e. The van der Waals surface area contributed by atoms with Gasteiger partial charge >= 0.3 is 0 Å². The van der Waals surface area contributed by atoms with Crippen LogP contribution in [0.3, 0.4) is 0 Å². The first-order valence-corrected chi connectivity index (χ1v) is 6.48. The Kier molecular flexibility index (Phi) is 5.86. The van der Waals surface area contributed by atoms with Crippen LogP contribution >= 0.6 is 11.6 Å². The van der Waals surface area contributed by atoms with Gasteiger partial charge in [-0.05, 0) is 36.9 Å². The highest BCUT2D eigenvalue weighted by Crippen LogP contribution is 2.18. The molecule has 0 fully saturated rings. The van der Waals surface area contributed by atoms with Crippen molar-refractivity contribution in [1.29, 1.82) is 0 Å². The van der Waals surface area contributed by atoms with Crippen molar-refractivity contribution in [2.45, 2.75) is 39.7 Å². The molecule has 1 aromatic carbocycles. The van der Waals surface area contributed by atoms with Crippen LogP contribution in [-0.2, 0) is 6.42 Å². The van der Waals surface area contributed by atoms with Crippen LogP contribution in [-0.4, -0.2) is 12.6 Å². The second-order valence-electron chi connectivity index (χ2n) is 4.68. The van der Waals surface area contributed by atoms with E-state index < -0.39 is 0 Å². The molecule has 0 bridgehead atoms. The zero-order valence-corrected chi connectivity index (χ0v) is 11.2. The number of halogens is 1. The monoisotopic (exact) mass is 239 g/mol. The molecule has 0 aliphatic heterocycles. The van der Waals surface area contributed by atoms with Gasteiger partial charge in [-0.2, -0.15) is 0 Å². The predicted molar refractivity (Wildman–Crippen MR) is 72.1 cm³/mol. The Morgan fingerprint density at radius 1 is 1.25 bits per heavy atom. The van der Waals surface area contributed by atoms with E-state index in [0.717, 1.165) is 18.0 Å². The van der Waals surface area contributed by atoms with Crippen LogP contribution in [0.15, 0.2) is 24.3 Å². The number of hydrogen-bond donors (Lipinski definition) is 1. The first-order valence-electron chi connectivity index (χ1n) is 6.10. The summed E-state index contributed by atoms with van der Waals surface area (Å²) in [5.74, 6) is 0.714. The molecule has 90 valence electrons. The molecule has 0 heterocycles. The fourth-order valence-electron chi connectivity index (χ4n) is 2.03. The Balaban J connectivity index is 2.64. The molecule has 0 radical (unpaired) electrons. The van der Waals surface area contributed by atoms with Crippen LogP contribution in [0.4, 0.5) is 0 Å². The molecule has 1 nitrogen and oxygen atoms in total. The number of hydrogen-bond acceptors (Lipinski definition) is 1. The van der Waals surface area contributed by atoms with Gasteiger partial charge in [0.1, 0.15) is 0 Å². The summed E-state index contributed by atoms with van der Waals surface area (Å²) in [6.45, 7) is 7.69. The lowest BCUT2D eigenvalue weighted by Crippen LogP contribution is -2.32. The van der Waals surface area contributed by atoms with Gasteiger partial charge in [0.2, 0.25) is 0 Å². The van der Waals surface area contributed by atoms with Gasteiger partial charge in [0.25, 0.3) is 0 Å². The predicted octanol–water partition coefficient (Wildman–Crippen LogP) is 3.91. The lowest BCUT2D eigenvalue weighted by atomic mass is 9.97. The molecule has 0 amide bonds. The third-order valence-electron chi connectivity index (χ3n) is 2.67. The van der Waals surface area contributed by atoms with E-state index >= 15 is 0 Å². The number of rotatable bonds is 6. The van der Waals surface area contributed by atoms with Gasteiger partial charge < -0.3 is 5.32 Å². The summed E-state index contributed by atoms with van der Waals surface area (Å²) in [5, 5.41) is 4.41. The van der Waals surface area contributed by atoms with Crippen molar-refractivity contribution in [3.05, 3.63) is 34.9 Å². The first-order chi connectivity index (χ1) is 7.63. The highest BCUT2D eigenvalue weighted by Gasteiger charge is 2.11. The Bertz CT molecular complexity index is 309. The second-order valence-corrected chi connectivity index (χ2v) is 5.09. The third-order valence-corrected chi connectivity index (χ3v) is 3.04. The minimum absolute atomic E-state index is 0.532. The van der Waals surface area contributed by atoms with Gasteiger partial charge in [-0.25, -0.2) is 0 Å². The molecule has 1 N–H and O–H groups in total. The first kappa shape index (κ1) is 13.5. The standard InChI is InChI=1S/C14H22ClN/c1-4-16-13(9-11(2)3)10-12-7-5-6-8-14(12)15/h5-8,11,13,16H,4,9-10H2,1-3H3. The van der Waals surface area contributed by atoms with Crippen molar-refractivity contribution in [1.82, 2.24) is 5.32 Å². The van der Waals surface area contributed by atoms with E-state index in [0.29, 0.717) is 12.0 Å². The fourth-order valence-corrected chi connectivity index (χ4v) is 2.24. The maximum Gasteiger partial charge on any atom is 0.0438 e. The lowest BCUT2D eigenvalue weighted by molar-refractivity contribution is 0.424. The molecule has 1 aromatic rings. The molecule has 1 rings (SSSR count). The smallest absolute Gasteiger partial charge is 0.0438 e. The summed E-state index contributed by atoms with van der Waals surface area (Å²) in [6.07, 6.45) is 2.21. The molecule has 0 aliphatic rings. The SMILES string of the molecule is CCNC(Cc1ccccc1Cl)CC(C)C. The van der Waals surface area contributed by atoms with Crippen molar-refractivity contribution in [2.24, 2.45) is 5.92 Å². The Labute approximate surface area is 104 Å². The normalized spacial score (nSPS) is 13.1. The van der Waals surface area contributed by atoms with Crippen LogP contribution in [0.25, 0.3) is 0 Å². The molecule has 0 saturated heterocycles. The summed E-state index contributed by atoms with van der Waals surface area (Å²) in [6, 6.07) is 8.66. The molecule has 1 atom stereocenters. The summed E-state index contributed by atoms with van der Waals surface area (Å²) in [4.78, 5) is 0. The number of nitrogens with one attached hydrogen (secondary N) is 1. The van der Waals surface area contributed by atoms with Gasteiger partial charge in [0.05, 0.1) is 0 Å². The van der Waals surface area contributed by atoms with Gasteiger partial charge in [-0.15, -0.1) is 0 Å². The van der Waals surface area contributed by atoms with E-state index in [4.69, 9.17) is 11.6 Å². The molecule has 16 heavy (non-hydrogen) atoms. The second kappa shape index (κ2) is 6.93. The van der Waals surface area contributed by atoms with Crippen molar-refractivity contribution in [3.63, 3.8) is 0 Å². The summed E-state index contributed by atoms with van der Waals surface area (Å²) in [7, 11) is 0. The van der Waals surface area contributed by atoms with Gasteiger partial charge in [-0.3, -0.25) is 0 Å². The maximum absolute atomic E-state index is 6.18. The maximum atomic E-state index is 6.18. The fraction of sp³-hybridized carbons (Fsp3) is 0.571. The van der Waals surface area contributed by atoms with Gasteiger partial charge in [-0.1, -0.05) is 50.6 Å². The van der Waals surface area contributed by atoms with Crippen LogP contribution in [0, 0.1) is 5.92 Å². The lowest BCUT2D eigenvalue weighted by Gasteiger charge is -2.20. The van der Waals surface area contributed by atoms with Crippen LogP contribution in [0.1, 0.15) is 32.8 Å². The van der Waals surface area contributed by atoms with Crippen LogP contribution < -0.4 is 5.32 Å². The van der Waals surface area contributed by atoms with E-state index in [2.05, 4.69) is 38.2 Å². The van der Waals surface area contributed by atoms with E-state index in [-0.39, 0.29) is 0 Å². The van der Waals surface area contributed by atoms with Crippen molar-refractivity contribution < 1.29 is 0 Å². The highest BCUT2D eigenvalue weighted by atomic mass is 35.5. The number of likely N-dealkylation sites (N-methyl/N-ethyl adjacent to an activating group) is 1. The number of benzene rings is 1. The van der Waals surface area contributed by atoms with E-state index in [9.17, 15) is 0 Å². The molecule has 0 aromatic heterocycles. The molecule has 2 heteroatoms. The summed E-state index contributed by atoms with van der Waals surface area (Å²) < 4.78 is 0. The van der Waals surface area contributed by atoms with Crippen molar-refractivity contribution in [3.8, 4) is 0 Å². The minimum Gasteiger partial charge on any atom is -0.314 e. The Morgan fingerprint density at radius 3 is 2.50 bits per heavy atom. The van der Waals surface area contributed by atoms with Crippen LogP contribution in [0.5, 0.6) is 0 Å². The van der Waals surface area contributed by atoms with Crippen molar-refractivity contribution >= 4 is 11.6 Å². The Hall–Kier alpha value is -0.530. The zero-order chi connectivity index (χ0) is 12.0. The molecule has 1 unspecified atom stereocenters. The Morgan fingerprint density at radius 2 is 1.94 bits per heavy atom. The molecular formula is C14H22ClN. The van der Waals surface area contributed by atoms with Crippen molar-refractivity contribution in [2.75, 3.05) is 6.54 Å². The summed E-state index contributed by atoms with van der Waals surface area (Å²) in [5.41, 5.74) is 1.25. The molecule has 0 saturated carbocycles. The molecular weight excluding hydrogens is 218 g/mol.